The highest BCUT2D eigenvalue weighted by Crippen LogP contribution is 2.15. The molecule has 1 fully saturated rings. The van der Waals surface area contributed by atoms with Crippen LogP contribution in [0.25, 0.3) is 0 Å². The van der Waals surface area contributed by atoms with Crippen molar-refractivity contribution in [3.05, 3.63) is 12.3 Å². The number of anilines is 1. The summed E-state index contributed by atoms with van der Waals surface area (Å²) in [5, 5.41) is 9.78. The molecule has 2 rings (SSSR count). The number of ether oxygens (including phenoxy) is 1. The predicted molar refractivity (Wildman–Crippen MR) is 82.8 cm³/mol. The summed E-state index contributed by atoms with van der Waals surface area (Å²) in [6.07, 6.45) is 3.38. The van der Waals surface area contributed by atoms with Gasteiger partial charge in [-0.2, -0.15) is 4.98 Å². The highest BCUT2D eigenvalue weighted by molar-refractivity contribution is 5.32. The monoisotopic (exact) mass is 294 g/mol. The maximum absolute atomic E-state index is 9.78. The number of aromatic nitrogens is 2. The summed E-state index contributed by atoms with van der Waals surface area (Å²) in [6, 6.07) is 1.79. The summed E-state index contributed by atoms with van der Waals surface area (Å²) in [5.41, 5.74) is 0. The normalized spacial score (nSPS) is 18.3. The van der Waals surface area contributed by atoms with Crippen molar-refractivity contribution in [2.75, 3.05) is 44.2 Å². The van der Waals surface area contributed by atoms with Gasteiger partial charge in [-0.1, -0.05) is 6.92 Å². The minimum atomic E-state index is -0.228. The quantitative estimate of drug-likeness (QED) is 0.849. The molecule has 1 aromatic rings. The van der Waals surface area contributed by atoms with Crippen molar-refractivity contribution < 1.29 is 9.84 Å². The van der Waals surface area contributed by atoms with Gasteiger partial charge in [0.1, 0.15) is 0 Å². The van der Waals surface area contributed by atoms with Gasteiger partial charge < -0.3 is 14.7 Å². The van der Waals surface area contributed by atoms with Gasteiger partial charge in [0, 0.05) is 38.4 Å². The number of aliphatic hydroxyl groups is 1. The van der Waals surface area contributed by atoms with E-state index >= 15 is 0 Å². The molecule has 0 radical (unpaired) electrons. The molecule has 0 amide bonds. The molecule has 0 saturated carbocycles. The Morgan fingerprint density at radius 2 is 2.14 bits per heavy atom. The maximum Gasteiger partial charge on any atom is 0.228 e. The lowest BCUT2D eigenvalue weighted by Crippen LogP contribution is -2.36. The topological polar surface area (TPSA) is 61.7 Å². The molecule has 2 heterocycles. The van der Waals surface area contributed by atoms with Crippen molar-refractivity contribution in [1.82, 2.24) is 14.9 Å². The Labute approximate surface area is 126 Å². The minimum absolute atomic E-state index is 0.228. The highest BCUT2D eigenvalue weighted by atomic mass is 16.5. The fraction of sp³-hybridized carbons (Fsp3) is 0.733. The average Bonchev–Trinajstić information content (AvgIpc) is 2.73. The first-order valence-electron chi connectivity index (χ1n) is 7.84. The average molecular weight is 294 g/mol. The van der Waals surface area contributed by atoms with Crippen LogP contribution in [0.3, 0.4) is 0 Å². The maximum atomic E-state index is 9.78. The third-order valence-electron chi connectivity index (χ3n) is 3.72. The number of aliphatic hydroxyl groups excluding tert-OH is 1. The van der Waals surface area contributed by atoms with Gasteiger partial charge in [-0.3, -0.25) is 4.90 Å². The molecule has 0 aromatic carbocycles. The molecule has 6 nitrogen and oxygen atoms in total. The number of β-amino-alcohol motifs (C(OH)–C–C–N with tert-alkyl or cyclic N) is 1. The van der Waals surface area contributed by atoms with E-state index in [2.05, 4.69) is 19.8 Å². The molecule has 0 spiro atoms. The zero-order valence-electron chi connectivity index (χ0n) is 13.0. The van der Waals surface area contributed by atoms with E-state index in [4.69, 9.17) is 4.74 Å². The lowest BCUT2D eigenvalue weighted by molar-refractivity contribution is 0.113. The Morgan fingerprint density at radius 3 is 2.90 bits per heavy atom. The molecule has 1 N–H and O–H groups in total. The van der Waals surface area contributed by atoms with Gasteiger partial charge in [0.25, 0.3) is 0 Å². The third kappa shape index (κ3) is 4.82. The molecular weight excluding hydrogens is 268 g/mol. The zero-order valence-corrected chi connectivity index (χ0v) is 13.0. The Balaban J connectivity index is 1.94. The Morgan fingerprint density at radius 1 is 1.29 bits per heavy atom. The predicted octanol–water partition coefficient (Wildman–Crippen LogP) is 1.16. The molecule has 21 heavy (non-hydrogen) atoms. The Hall–Kier alpha value is -1.40. The summed E-state index contributed by atoms with van der Waals surface area (Å²) in [7, 11) is 0. The Kier molecular flexibility index (Phi) is 6.20. The fourth-order valence-corrected chi connectivity index (χ4v) is 2.49. The largest absolute Gasteiger partial charge is 0.478 e. The second-order valence-electron chi connectivity index (χ2n) is 5.33. The SMILES string of the molecule is CCOc1ccnc(N2CCCN(C[C@H](O)CC)CC2)n1. The van der Waals surface area contributed by atoms with Crippen molar-refractivity contribution in [3.63, 3.8) is 0 Å². The van der Waals surface area contributed by atoms with Crippen LogP contribution in [0.1, 0.15) is 26.7 Å². The van der Waals surface area contributed by atoms with Gasteiger partial charge in [0.05, 0.1) is 12.7 Å². The van der Waals surface area contributed by atoms with E-state index in [-0.39, 0.29) is 6.10 Å². The zero-order chi connectivity index (χ0) is 15.1. The molecule has 1 atom stereocenters. The summed E-state index contributed by atoms with van der Waals surface area (Å²) in [6.45, 7) is 9.09. The van der Waals surface area contributed by atoms with Crippen LogP contribution < -0.4 is 9.64 Å². The van der Waals surface area contributed by atoms with Crippen LogP contribution in [0.5, 0.6) is 5.88 Å². The second kappa shape index (κ2) is 8.14. The van der Waals surface area contributed by atoms with Gasteiger partial charge >= 0.3 is 0 Å². The lowest BCUT2D eigenvalue weighted by atomic mass is 10.2. The number of hydrogen-bond donors (Lipinski definition) is 1. The van der Waals surface area contributed by atoms with Crippen LogP contribution in [-0.2, 0) is 0 Å². The van der Waals surface area contributed by atoms with Crippen molar-refractivity contribution in [2.24, 2.45) is 0 Å². The number of hydrogen-bond acceptors (Lipinski definition) is 6. The summed E-state index contributed by atoms with van der Waals surface area (Å²) in [5.74, 6) is 1.36. The molecular formula is C15H26N4O2. The molecule has 0 unspecified atom stereocenters. The molecule has 1 aliphatic rings. The lowest BCUT2D eigenvalue weighted by Gasteiger charge is -2.23. The molecule has 6 heteroatoms. The summed E-state index contributed by atoms with van der Waals surface area (Å²) in [4.78, 5) is 13.3. The second-order valence-corrected chi connectivity index (χ2v) is 5.33. The number of rotatable bonds is 6. The molecule has 1 aliphatic heterocycles. The van der Waals surface area contributed by atoms with Crippen molar-refractivity contribution in [1.29, 1.82) is 0 Å². The van der Waals surface area contributed by atoms with E-state index < -0.39 is 0 Å². The summed E-state index contributed by atoms with van der Waals surface area (Å²) < 4.78 is 5.44. The van der Waals surface area contributed by atoms with Crippen LogP contribution in [0.15, 0.2) is 12.3 Å². The fourth-order valence-electron chi connectivity index (χ4n) is 2.49. The van der Waals surface area contributed by atoms with E-state index in [1.807, 2.05) is 13.8 Å². The van der Waals surface area contributed by atoms with Crippen LogP contribution in [0.2, 0.25) is 0 Å². The third-order valence-corrected chi connectivity index (χ3v) is 3.72. The van der Waals surface area contributed by atoms with Crippen molar-refractivity contribution in [2.45, 2.75) is 32.8 Å². The van der Waals surface area contributed by atoms with E-state index in [9.17, 15) is 5.11 Å². The van der Waals surface area contributed by atoms with Gasteiger partial charge in [-0.25, -0.2) is 4.98 Å². The van der Waals surface area contributed by atoms with Gasteiger partial charge in [-0.05, 0) is 26.3 Å². The smallest absolute Gasteiger partial charge is 0.228 e. The first-order valence-corrected chi connectivity index (χ1v) is 7.84. The molecule has 0 aliphatic carbocycles. The minimum Gasteiger partial charge on any atom is -0.478 e. The summed E-state index contributed by atoms with van der Waals surface area (Å²) >= 11 is 0. The molecule has 118 valence electrons. The standard InChI is InChI=1S/C15H26N4O2/c1-3-13(20)12-18-8-5-9-19(11-10-18)15-16-7-6-14(17-15)21-4-2/h6-7,13,20H,3-5,8-12H2,1-2H3/t13-/m1/s1. The number of nitrogens with zero attached hydrogens (tertiary/aromatic N) is 4. The van der Waals surface area contributed by atoms with Crippen LogP contribution >= 0.6 is 0 Å². The van der Waals surface area contributed by atoms with Gasteiger partial charge in [0.2, 0.25) is 11.8 Å². The van der Waals surface area contributed by atoms with E-state index in [1.165, 1.54) is 0 Å². The van der Waals surface area contributed by atoms with Crippen LogP contribution in [0.4, 0.5) is 5.95 Å². The van der Waals surface area contributed by atoms with E-state index in [1.54, 1.807) is 12.3 Å². The van der Waals surface area contributed by atoms with Gasteiger partial charge in [-0.15, -0.1) is 0 Å². The van der Waals surface area contributed by atoms with Gasteiger partial charge in [0.15, 0.2) is 0 Å². The van der Waals surface area contributed by atoms with E-state index in [0.29, 0.717) is 12.5 Å². The first-order chi connectivity index (χ1) is 10.2. The molecule has 0 bridgehead atoms. The van der Waals surface area contributed by atoms with Crippen LogP contribution in [-0.4, -0.2) is 65.4 Å². The Bertz CT molecular complexity index is 430. The van der Waals surface area contributed by atoms with Crippen molar-refractivity contribution in [3.8, 4) is 5.88 Å². The molecule has 1 aromatic heterocycles. The van der Waals surface area contributed by atoms with Crippen molar-refractivity contribution >= 4 is 5.95 Å². The van der Waals surface area contributed by atoms with E-state index in [0.717, 1.165) is 51.5 Å². The highest BCUT2D eigenvalue weighted by Gasteiger charge is 2.18. The first kappa shape index (κ1) is 16.0. The van der Waals surface area contributed by atoms with Crippen LogP contribution in [0, 0.1) is 0 Å². The molecule has 1 saturated heterocycles.